The molecule has 2 rings (SSSR count). The van der Waals surface area contributed by atoms with Crippen molar-refractivity contribution in [2.45, 2.75) is 25.8 Å². The van der Waals surface area contributed by atoms with E-state index in [4.69, 9.17) is 29.6 Å². The van der Waals surface area contributed by atoms with Gasteiger partial charge in [-0.15, -0.1) is 11.3 Å². The Bertz CT molecular complexity index is 429. The first-order valence-corrected chi connectivity index (χ1v) is 8.17. The van der Waals surface area contributed by atoms with Crippen LogP contribution in [0, 0.1) is 0 Å². The summed E-state index contributed by atoms with van der Waals surface area (Å²) in [4.78, 5) is 9.59. The number of nitrogens with zero attached hydrogens (tertiary/aromatic N) is 3. The Morgan fingerprint density at radius 1 is 1.53 bits per heavy atom. The number of hydrogen-bond acceptors (Lipinski definition) is 5. The fourth-order valence-electron chi connectivity index (χ4n) is 2.39. The summed E-state index contributed by atoms with van der Waals surface area (Å²) in [6.45, 7) is 6.01. The molecule has 1 fully saturated rings. The molecule has 1 aliphatic heterocycles. The Kier molecular flexibility index (Phi) is 5.38. The first-order valence-electron chi connectivity index (χ1n) is 6.51. The number of aromatic nitrogens is 1. The molecule has 0 spiro atoms. The van der Waals surface area contributed by atoms with Crippen LogP contribution in [-0.4, -0.2) is 47.1 Å². The molecular formula is C12H19ClN4S2. The maximum atomic E-state index is 5.87. The van der Waals surface area contributed by atoms with E-state index in [1.165, 1.54) is 0 Å². The second-order valence-corrected chi connectivity index (χ2v) is 6.38. The highest BCUT2D eigenvalue weighted by Crippen LogP contribution is 2.24. The summed E-state index contributed by atoms with van der Waals surface area (Å²) in [5.74, 6) is 0. The van der Waals surface area contributed by atoms with E-state index in [0.717, 1.165) is 44.2 Å². The molecule has 2 N–H and O–H groups in total. The molecule has 0 aliphatic carbocycles. The van der Waals surface area contributed by atoms with Gasteiger partial charge in [0.05, 0.1) is 11.0 Å². The average molecular weight is 319 g/mol. The molecule has 0 saturated carbocycles. The van der Waals surface area contributed by atoms with Gasteiger partial charge in [-0.05, 0) is 6.42 Å². The summed E-state index contributed by atoms with van der Waals surface area (Å²) in [5, 5.41) is 3.46. The lowest BCUT2D eigenvalue weighted by molar-refractivity contribution is 0.219. The summed E-state index contributed by atoms with van der Waals surface area (Å²) >= 11 is 12.7. The summed E-state index contributed by atoms with van der Waals surface area (Å²) in [7, 11) is 0. The largest absolute Gasteiger partial charge is 0.392 e. The molecule has 4 nitrogen and oxygen atoms in total. The van der Waals surface area contributed by atoms with Gasteiger partial charge in [0.25, 0.3) is 0 Å². The van der Waals surface area contributed by atoms with Crippen LogP contribution in [0.1, 0.15) is 19.8 Å². The normalized spacial score (nSPS) is 18.5. The summed E-state index contributed by atoms with van der Waals surface area (Å²) in [5.41, 5.74) is 5.85. The van der Waals surface area contributed by atoms with Crippen molar-refractivity contribution < 1.29 is 0 Å². The standard InChI is InChI=1S/C12H19ClN4S2/c1-2-3-9(11(14)18)16-4-6-17(7-5-16)12-15-10(13)8-19-12/h8-9H,2-7H2,1H3,(H2,14,18). The van der Waals surface area contributed by atoms with E-state index >= 15 is 0 Å². The predicted molar refractivity (Wildman–Crippen MR) is 86.4 cm³/mol. The van der Waals surface area contributed by atoms with Crippen LogP contribution in [0.25, 0.3) is 0 Å². The van der Waals surface area contributed by atoms with Crippen molar-refractivity contribution in [3.63, 3.8) is 0 Å². The van der Waals surface area contributed by atoms with Crippen molar-refractivity contribution in [2.75, 3.05) is 31.1 Å². The molecule has 19 heavy (non-hydrogen) atoms. The molecule has 0 aromatic carbocycles. The Hall–Kier alpha value is -0.430. The molecule has 1 atom stereocenters. The monoisotopic (exact) mass is 318 g/mol. The molecule has 0 bridgehead atoms. The third-order valence-corrected chi connectivity index (χ3v) is 4.88. The van der Waals surface area contributed by atoms with Gasteiger partial charge in [-0.25, -0.2) is 4.98 Å². The first-order chi connectivity index (χ1) is 9.11. The van der Waals surface area contributed by atoms with Crippen LogP contribution in [0.2, 0.25) is 5.15 Å². The third-order valence-electron chi connectivity index (χ3n) is 3.38. The topological polar surface area (TPSA) is 45.4 Å². The molecule has 1 aliphatic rings. The van der Waals surface area contributed by atoms with Crippen LogP contribution >= 0.6 is 35.2 Å². The number of hydrogen-bond donors (Lipinski definition) is 1. The van der Waals surface area contributed by atoms with Crippen molar-refractivity contribution >= 4 is 45.3 Å². The lowest BCUT2D eigenvalue weighted by atomic mass is 10.1. The minimum atomic E-state index is 0.238. The van der Waals surface area contributed by atoms with Crippen LogP contribution in [0.15, 0.2) is 5.38 Å². The molecule has 2 heterocycles. The fourth-order valence-corrected chi connectivity index (χ4v) is 3.66. The zero-order chi connectivity index (χ0) is 13.8. The highest BCUT2D eigenvalue weighted by molar-refractivity contribution is 7.80. The fraction of sp³-hybridized carbons (Fsp3) is 0.667. The summed E-state index contributed by atoms with van der Waals surface area (Å²) < 4.78 is 0. The maximum absolute atomic E-state index is 5.87. The number of thiocarbonyl (C=S) groups is 1. The van der Waals surface area contributed by atoms with Gasteiger partial charge in [-0.1, -0.05) is 37.2 Å². The summed E-state index contributed by atoms with van der Waals surface area (Å²) in [6, 6.07) is 0.238. The SMILES string of the molecule is CCCC(C(N)=S)N1CCN(c2nc(Cl)cs2)CC1. The first kappa shape index (κ1) is 15.0. The minimum Gasteiger partial charge on any atom is -0.392 e. The van der Waals surface area contributed by atoms with Gasteiger partial charge in [0.2, 0.25) is 0 Å². The van der Waals surface area contributed by atoms with E-state index in [0.29, 0.717) is 10.1 Å². The molecule has 7 heteroatoms. The molecule has 1 unspecified atom stereocenters. The van der Waals surface area contributed by atoms with Gasteiger partial charge in [0, 0.05) is 31.6 Å². The Morgan fingerprint density at radius 3 is 2.68 bits per heavy atom. The Morgan fingerprint density at radius 2 is 2.21 bits per heavy atom. The van der Waals surface area contributed by atoms with Gasteiger partial charge in [0.15, 0.2) is 5.13 Å². The lowest BCUT2D eigenvalue weighted by Crippen LogP contribution is -2.53. The average Bonchev–Trinajstić information content (AvgIpc) is 2.82. The number of halogens is 1. The maximum Gasteiger partial charge on any atom is 0.186 e. The Balaban J connectivity index is 1.92. The van der Waals surface area contributed by atoms with Crippen LogP contribution in [0.4, 0.5) is 5.13 Å². The van der Waals surface area contributed by atoms with E-state index in [1.54, 1.807) is 11.3 Å². The number of anilines is 1. The van der Waals surface area contributed by atoms with Crippen molar-refractivity contribution in [1.29, 1.82) is 0 Å². The van der Waals surface area contributed by atoms with E-state index in [-0.39, 0.29) is 6.04 Å². The quantitative estimate of drug-likeness (QED) is 0.845. The Labute approximate surface area is 128 Å². The number of piperazine rings is 1. The van der Waals surface area contributed by atoms with Gasteiger partial charge < -0.3 is 10.6 Å². The number of nitrogens with two attached hydrogens (primary N) is 1. The van der Waals surface area contributed by atoms with E-state index in [9.17, 15) is 0 Å². The molecule has 1 aromatic rings. The van der Waals surface area contributed by atoms with Gasteiger partial charge in [-0.3, -0.25) is 4.90 Å². The smallest absolute Gasteiger partial charge is 0.186 e. The van der Waals surface area contributed by atoms with Crippen LogP contribution < -0.4 is 10.6 Å². The van der Waals surface area contributed by atoms with E-state index in [1.807, 2.05) is 5.38 Å². The van der Waals surface area contributed by atoms with Crippen molar-refractivity contribution in [1.82, 2.24) is 9.88 Å². The minimum absolute atomic E-state index is 0.238. The molecule has 1 aromatic heterocycles. The van der Waals surface area contributed by atoms with Gasteiger partial charge in [0.1, 0.15) is 5.15 Å². The lowest BCUT2D eigenvalue weighted by Gasteiger charge is -2.38. The van der Waals surface area contributed by atoms with Crippen molar-refractivity contribution in [3.05, 3.63) is 10.5 Å². The highest BCUT2D eigenvalue weighted by Gasteiger charge is 2.25. The van der Waals surface area contributed by atoms with E-state index in [2.05, 4.69) is 21.7 Å². The zero-order valence-corrected chi connectivity index (χ0v) is 13.4. The third kappa shape index (κ3) is 3.78. The van der Waals surface area contributed by atoms with Crippen LogP contribution in [0.5, 0.6) is 0 Å². The van der Waals surface area contributed by atoms with E-state index < -0.39 is 0 Å². The second-order valence-electron chi connectivity index (χ2n) is 4.68. The summed E-state index contributed by atoms with van der Waals surface area (Å²) in [6.07, 6.45) is 2.14. The zero-order valence-electron chi connectivity index (χ0n) is 11.0. The molecule has 1 saturated heterocycles. The van der Waals surface area contributed by atoms with Crippen molar-refractivity contribution in [3.8, 4) is 0 Å². The number of rotatable bonds is 5. The van der Waals surface area contributed by atoms with Crippen molar-refractivity contribution in [2.24, 2.45) is 5.73 Å². The highest BCUT2D eigenvalue weighted by atomic mass is 35.5. The van der Waals surface area contributed by atoms with Gasteiger partial charge in [-0.2, -0.15) is 0 Å². The molecule has 0 radical (unpaired) electrons. The molecular weight excluding hydrogens is 300 g/mol. The second kappa shape index (κ2) is 6.83. The van der Waals surface area contributed by atoms with Crippen LogP contribution in [0.3, 0.4) is 0 Å². The number of thiazole rings is 1. The van der Waals surface area contributed by atoms with Crippen LogP contribution in [-0.2, 0) is 0 Å². The molecule has 106 valence electrons. The molecule has 0 amide bonds. The predicted octanol–water partition coefficient (Wildman–Crippen LogP) is 2.37. The van der Waals surface area contributed by atoms with Gasteiger partial charge >= 0.3 is 0 Å².